The molecule has 0 saturated heterocycles. The number of aliphatic hydroxyl groups is 1. The summed E-state index contributed by atoms with van der Waals surface area (Å²) in [7, 11) is 1.66. The van der Waals surface area contributed by atoms with Crippen LogP contribution in [0.3, 0.4) is 0 Å². The summed E-state index contributed by atoms with van der Waals surface area (Å²) in [5, 5.41) is 10.3. The summed E-state index contributed by atoms with van der Waals surface area (Å²) >= 11 is 3.48. The lowest BCUT2D eigenvalue weighted by atomic mass is 9.94. The third kappa shape index (κ3) is 3.27. The minimum absolute atomic E-state index is 0.213. The van der Waals surface area contributed by atoms with Gasteiger partial charge in [-0.05, 0) is 64.7 Å². The fourth-order valence-electron chi connectivity index (χ4n) is 2.85. The Labute approximate surface area is 117 Å². The molecule has 1 aliphatic carbocycles. The van der Waals surface area contributed by atoms with Crippen molar-refractivity contribution in [2.45, 2.75) is 38.7 Å². The van der Waals surface area contributed by atoms with Crippen LogP contribution in [0.15, 0.2) is 22.7 Å². The van der Waals surface area contributed by atoms with Gasteiger partial charge in [0.2, 0.25) is 0 Å². The SMILES string of the molecule is COc1ccc(CC(O)C2CCC(C)C2)cc1Br. The number of hydrogen-bond acceptors (Lipinski definition) is 2. The molecule has 1 aliphatic rings. The summed E-state index contributed by atoms with van der Waals surface area (Å²) in [6.45, 7) is 2.27. The van der Waals surface area contributed by atoms with E-state index in [4.69, 9.17) is 4.74 Å². The lowest BCUT2D eigenvalue weighted by molar-refractivity contribution is 0.109. The minimum atomic E-state index is -0.213. The molecule has 1 aromatic rings. The van der Waals surface area contributed by atoms with Gasteiger partial charge in [0.1, 0.15) is 5.75 Å². The van der Waals surface area contributed by atoms with Gasteiger partial charge in [-0.15, -0.1) is 0 Å². The maximum Gasteiger partial charge on any atom is 0.133 e. The molecule has 1 fully saturated rings. The highest BCUT2D eigenvalue weighted by Crippen LogP contribution is 2.34. The molecule has 0 radical (unpaired) electrons. The largest absolute Gasteiger partial charge is 0.496 e. The number of methoxy groups -OCH3 is 1. The smallest absolute Gasteiger partial charge is 0.133 e. The molecule has 0 aromatic heterocycles. The third-order valence-electron chi connectivity index (χ3n) is 3.94. The molecule has 18 heavy (non-hydrogen) atoms. The van der Waals surface area contributed by atoms with E-state index in [9.17, 15) is 5.11 Å². The first kappa shape index (κ1) is 13.9. The highest BCUT2D eigenvalue weighted by molar-refractivity contribution is 9.10. The van der Waals surface area contributed by atoms with Gasteiger partial charge in [-0.3, -0.25) is 0 Å². The van der Waals surface area contributed by atoms with Crippen LogP contribution in [0.4, 0.5) is 0 Å². The van der Waals surface area contributed by atoms with E-state index >= 15 is 0 Å². The van der Waals surface area contributed by atoms with Gasteiger partial charge >= 0.3 is 0 Å². The molecule has 2 nitrogen and oxygen atoms in total. The quantitative estimate of drug-likeness (QED) is 0.916. The summed E-state index contributed by atoms with van der Waals surface area (Å²) in [4.78, 5) is 0. The van der Waals surface area contributed by atoms with E-state index in [0.717, 1.165) is 28.1 Å². The van der Waals surface area contributed by atoms with E-state index in [2.05, 4.69) is 22.9 Å². The monoisotopic (exact) mass is 312 g/mol. The van der Waals surface area contributed by atoms with Gasteiger partial charge in [0.25, 0.3) is 0 Å². The van der Waals surface area contributed by atoms with E-state index < -0.39 is 0 Å². The van der Waals surface area contributed by atoms with Crippen molar-refractivity contribution in [3.05, 3.63) is 28.2 Å². The first-order valence-electron chi connectivity index (χ1n) is 6.60. The average molecular weight is 313 g/mol. The highest BCUT2D eigenvalue weighted by Gasteiger charge is 2.27. The van der Waals surface area contributed by atoms with Gasteiger partial charge in [0.05, 0.1) is 17.7 Å². The number of aliphatic hydroxyl groups excluding tert-OH is 1. The van der Waals surface area contributed by atoms with Crippen molar-refractivity contribution in [3.8, 4) is 5.75 Å². The highest BCUT2D eigenvalue weighted by atomic mass is 79.9. The van der Waals surface area contributed by atoms with Crippen molar-refractivity contribution >= 4 is 15.9 Å². The third-order valence-corrected chi connectivity index (χ3v) is 4.56. The topological polar surface area (TPSA) is 29.5 Å². The Morgan fingerprint density at radius 1 is 1.44 bits per heavy atom. The first-order valence-corrected chi connectivity index (χ1v) is 7.40. The maximum atomic E-state index is 10.3. The first-order chi connectivity index (χ1) is 8.60. The number of rotatable bonds is 4. The molecular formula is C15H21BrO2. The van der Waals surface area contributed by atoms with Crippen LogP contribution in [-0.2, 0) is 6.42 Å². The van der Waals surface area contributed by atoms with Crippen molar-refractivity contribution in [2.24, 2.45) is 11.8 Å². The van der Waals surface area contributed by atoms with Crippen molar-refractivity contribution in [1.29, 1.82) is 0 Å². The van der Waals surface area contributed by atoms with Crippen LogP contribution in [-0.4, -0.2) is 18.3 Å². The number of ether oxygens (including phenoxy) is 1. The van der Waals surface area contributed by atoms with Crippen molar-refractivity contribution in [1.82, 2.24) is 0 Å². The van der Waals surface area contributed by atoms with Gasteiger partial charge in [-0.25, -0.2) is 0 Å². The van der Waals surface area contributed by atoms with Gasteiger partial charge in [0, 0.05) is 0 Å². The maximum absolute atomic E-state index is 10.3. The second-order valence-corrected chi connectivity index (χ2v) is 6.27. The number of benzene rings is 1. The summed E-state index contributed by atoms with van der Waals surface area (Å²) in [6.07, 6.45) is 4.11. The lowest BCUT2D eigenvalue weighted by Crippen LogP contribution is -2.20. The zero-order valence-electron chi connectivity index (χ0n) is 11.0. The van der Waals surface area contributed by atoms with Crippen LogP contribution in [0, 0.1) is 11.8 Å². The molecule has 0 aliphatic heterocycles. The Bertz CT molecular complexity index is 405. The fraction of sp³-hybridized carbons (Fsp3) is 0.600. The van der Waals surface area contributed by atoms with Crippen molar-refractivity contribution in [3.63, 3.8) is 0 Å². The molecular weight excluding hydrogens is 292 g/mol. The van der Waals surface area contributed by atoms with Gasteiger partial charge in [-0.2, -0.15) is 0 Å². The molecule has 3 heteroatoms. The lowest BCUT2D eigenvalue weighted by Gasteiger charge is -2.18. The van der Waals surface area contributed by atoms with Gasteiger partial charge in [0.15, 0.2) is 0 Å². The molecule has 0 bridgehead atoms. The molecule has 1 saturated carbocycles. The van der Waals surface area contributed by atoms with Gasteiger partial charge in [-0.1, -0.05) is 19.4 Å². The standard InChI is InChI=1S/C15H21BrO2/c1-10-3-5-12(7-10)14(17)9-11-4-6-15(18-2)13(16)8-11/h4,6,8,10,12,14,17H,3,5,7,9H2,1-2H3. The Morgan fingerprint density at radius 2 is 2.22 bits per heavy atom. The Morgan fingerprint density at radius 3 is 2.78 bits per heavy atom. The molecule has 2 rings (SSSR count). The summed E-state index contributed by atoms with van der Waals surface area (Å²) in [5.74, 6) is 2.08. The minimum Gasteiger partial charge on any atom is -0.496 e. The van der Waals surface area contributed by atoms with E-state index in [1.165, 1.54) is 19.3 Å². The normalized spacial score (nSPS) is 25.1. The van der Waals surface area contributed by atoms with Crippen LogP contribution < -0.4 is 4.74 Å². The van der Waals surface area contributed by atoms with E-state index in [1.54, 1.807) is 7.11 Å². The number of hydrogen-bond donors (Lipinski definition) is 1. The fourth-order valence-corrected chi connectivity index (χ4v) is 3.43. The molecule has 1 aromatic carbocycles. The van der Waals surface area contributed by atoms with Crippen molar-refractivity contribution < 1.29 is 9.84 Å². The summed E-state index contributed by atoms with van der Waals surface area (Å²) in [6, 6.07) is 6.02. The molecule has 3 unspecified atom stereocenters. The molecule has 0 amide bonds. The molecule has 3 atom stereocenters. The Kier molecular flexibility index (Phi) is 4.68. The number of halogens is 1. The van der Waals surface area contributed by atoms with E-state index in [1.807, 2.05) is 18.2 Å². The molecule has 0 spiro atoms. The van der Waals surface area contributed by atoms with Gasteiger partial charge < -0.3 is 9.84 Å². The van der Waals surface area contributed by atoms with Crippen molar-refractivity contribution in [2.75, 3.05) is 7.11 Å². The van der Waals surface area contributed by atoms with Crippen LogP contribution in [0.2, 0.25) is 0 Å². The second-order valence-electron chi connectivity index (χ2n) is 5.42. The van der Waals surface area contributed by atoms with Crippen LogP contribution in [0.25, 0.3) is 0 Å². The average Bonchev–Trinajstić information content (AvgIpc) is 2.76. The Hall–Kier alpha value is -0.540. The zero-order chi connectivity index (χ0) is 13.1. The molecule has 1 N–H and O–H groups in total. The predicted octanol–water partition coefficient (Wildman–Crippen LogP) is 3.80. The second kappa shape index (κ2) is 6.07. The Balaban J connectivity index is 1.98. The zero-order valence-corrected chi connectivity index (χ0v) is 12.6. The molecule has 0 heterocycles. The van der Waals surface area contributed by atoms with Crippen LogP contribution in [0.1, 0.15) is 31.7 Å². The summed E-state index contributed by atoms with van der Waals surface area (Å²) in [5.41, 5.74) is 1.16. The van der Waals surface area contributed by atoms with E-state index in [0.29, 0.717) is 5.92 Å². The predicted molar refractivity (Wildman–Crippen MR) is 76.9 cm³/mol. The molecule has 100 valence electrons. The van der Waals surface area contributed by atoms with Crippen LogP contribution in [0.5, 0.6) is 5.75 Å². The van der Waals surface area contributed by atoms with Crippen LogP contribution >= 0.6 is 15.9 Å². The van der Waals surface area contributed by atoms with E-state index in [-0.39, 0.29) is 6.10 Å². The summed E-state index contributed by atoms with van der Waals surface area (Å²) < 4.78 is 6.16.